The quantitative estimate of drug-likeness (QED) is 0.420. The van der Waals surface area contributed by atoms with Crippen molar-refractivity contribution in [1.29, 1.82) is 0 Å². The van der Waals surface area contributed by atoms with E-state index >= 15 is 0 Å². The van der Waals surface area contributed by atoms with Crippen LogP contribution < -0.4 is 9.47 Å². The first kappa shape index (κ1) is 17.5. The van der Waals surface area contributed by atoms with E-state index < -0.39 is 0 Å². The van der Waals surface area contributed by atoms with Crippen LogP contribution in [-0.4, -0.2) is 25.7 Å². The number of Topliss-reactive ketones (excluding diaryl/α,β-unsaturated/α-hetero) is 1. The number of oxime groups is 1. The van der Waals surface area contributed by atoms with Gasteiger partial charge >= 0.3 is 0 Å². The van der Waals surface area contributed by atoms with Gasteiger partial charge in [0.15, 0.2) is 5.78 Å². The number of benzene rings is 2. The van der Waals surface area contributed by atoms with Crippen molar-refractivity contribution in [1.82, 2.24) is 0 Å². The summed E-state index contributed by atoms with van der Waals surface area (Å²) in [4.78, 5) is 16.8. The maximum atomic E-state index is 11.5. The molecule has 126 valence electrons. The molecule has 0 unspecified atom stereocenters. The highest BCUT2D eigenvalue weighted by Crippen LogP contribution is 2.21. The third-order valence-electron chi connectivity index (χ3n) is 3.37. The van der Waals surface area contributed by atoms with Crippen molar-refractivity contribution in [2.75, 3.05) is 13.7 Å². The Balaban J connectivity index is 1.97. The number of carbonyl (C=O) groups excluding carboxylic acids is 1. The Hall–Kier alpha value is -2.82. The maximum Gasteiger partial charge on any atom is 0.159 e. The number of carbonyl (C=O) groups is 1. The topological polar surface area (TPSA) is 57.1 Å². The summed E-state index contributed by atoms with van der Waals surface area (Å²) < 4.78 is 10.7. The van der Waals surface area contributed by atoms with Crippen LogP contribution in [0.1, 0.15) is 35.3 Å². The molecule has 24 heavy (non-hydrogen) atoms. The zero-order valence-corrected chi connectivity index (χ0v) is 14.1. The molecule has 0 radical (unpaired) electrons. The van der Waals surface area contributed by atoms with Crippen molar-refractivity contribution >= 4 is 12.0 Å². The van der Waals surface area contributed by atoms with Gasteiger partial charge in [0.05, 0.1) is 19.9 Å². The summed E-state index contributed by atoms with van der Waals surface area (Å²) in [5.41, 5.74) is 2.29. The summed E-state index contributed by atoms with van der Waals surface area (Å²) >= 11 is 0. The zero-order valence-electron chi connectivity index (χ0n) is 14.1. The minimum absolute atomic E-state index is 0.00297. The molecule has 2 aromatic rings. The molecule has 0 amide bonds. The summed E-state index contributed by atoms with van der Waals surface area (Å²) in [5, 5.41) is 3.96. The van der Waals surface area contributed by atoms with Crippen LogP contribution in [0.15, 0.2) is 47.6 Å². The molecule has 0 aliphatic rings. The lowest BCUT2D eigenvalue weighted by Gasteiger charge is -2.08. The highest BCUT2D eigenvalue weighted by Gasteiger charge is 2.07. The minimum atomic E-state index is -0.00297. The molecule has 0 atom stereocenters. The average molecular weight is 327 g/mol. The van der Waals surface area contributed by atoms with Crippen LogP contribution in [0.4, 0.5) is 0 Å². The van der Waals surface area contributed by atoms with Crippen LogP contribution in [0, 0.1) is 0 Å². The van der Waals surface area contributed by atoms with Crippen LogP contribution in [0.3, 0.4) is 0 Å². The molecule has 0 heterocycles. The molecule has 2 aromatic carbocycles. The number of ketones is 1. The van der Waals surface area contributed by atoms with Crippen LogP contribution in [0.2, 0.25) is 0 Å². The Morgan fingerprint density at radius 2 is 1.92 bits per heavy atom. The van der Waals surface area contributed by atoms with E-state index in [2.05, 4.69) is 5.16 Å². The van der Waals surface area contributed by atoms with Gasteiger partial charge < -0.3 is 14.3 Å². The molecule has 5 nitrogen and oxygen atoms in total. The Labute approximate surface area is 141 Å². The van der Waals surface area contributed by atoms with E-state index in [1.165, 1.54) is 6.92 Å². The van der Waals surface area contributed by atoms with Crippen LogP contribution in [0.25, 0.3) is 0 Å². The van der Waals surface area contributed by atoms with Crippen molar-refractivity contribution in [2.45, 2.75) is 20.5 Å². The Morgan fingerprint density at radius 3 is 2.54 bits per heavy atom. The van der Waals surface area contributed by atoms with Gasteiger partial charge in [0.25, 0.3) is 0 Å². The molecular formula is C19H21NO4. The number of rotatable bonds is 8. The molecule has 0 saturated heterocycles. The molecule has 0 saturated carbocycles. The van der Waals surface area contributed by atoms with Crippen LogP contribution in [-0.2, 0) is 11.4 Å². The monoisotopic (exact) mass is 327 g/mol. The van der Waals surface area contributed by atoms with Gasteiger partial charge in [-0.3, -0.25) is 4.79 Å². The number of hydrogen-bond donors (Lipinski definition) is 0. The van der Waals surface area contributed by atoms with Gasteiger partial charge in [-0.25, -0.2) is 0 Å². The molecule has 2 rings (SSSR count). The van der Waals surface area contributed by atoms with Gasteiger partial charge in [-0.1, -0.05) is 5.16 Å². The van der Waals surface area contributed by atoms with Gasteiger partial charge in [0.2, 0.25) is 0 Å². The van der Waals surface area contributed by atoms with Crippen molar-refractivity contribution in [3.8, 4) is 11.5 Å². The molecule has 0 spiro atoms. The summed E-state index contributed by atoms with van der Waals surface area (Å²) in [6.07, 6.45) is 1.62. The molecular weight excluding hydrogens is 306 g/mol. The van der Waals surface area contributed by atoms with Gasteiger partial charge in [-0.2, -0.15) is 0 Å². The second-order valence-electron chi connectivity index (χ2n) is 5.09. The number of methoxy groups -OCH3 is 1. The van der Waals surface area contributed by atoms with Gasteiger partial charge in [0, 0.05) is 11.1 Å². The van der Waals surface area contributed by atoms with Gasteiger partial charge in [-0.15, -0.1) is 0 Å². The third-order valence-corrected chi connectivity index (χ3v) is 3.37. The maximum absolute atomic E-state index is 11.5. The van der Waals surface area contributed by atoms with E-state index in [0.29, 0.717) is 17.9 Å². The van der Waals surface area contributed by atoms with Crippen molar-refractivity contribution < 1.29 is 19.1 Å². The van der Waals surface area contributed by atoms with Crippen LogP contribution in [0.5, 0.6) is 11.5 Å². The lowest BCUT2D eigenvalue weighted by Crippen LogP contribution is -1.98. The predicted molar refractivity (Wildman–Crippen MR) is 93.0 cm³/mol. The van der Waals surface area contributed by atoms with E-state index in [-0.39, 0.29) is 12.4 Å². The highest BCUT2D eigenvalue weighted by molar-refractivity contribution is 5.94. The van der Waals surface area contributed by atoms with Crippen molar-refractivity contribution in [3.63, 3.8) is 0 Å². The standard InChI is InChI=1S/C19H21NO4/c1-4-23-18-8-5-15(6-9-18)12-20-24-13-17-11-16(14(2)21)7-10-19(17)22-3/h5-12H,4,13H2,1-3H3/b20-12+. The van der Waals surface area contributed by atoms with Crippen molar-refractivity contribution in [3.05, 3.63) is 59.2 Å². The predicted octanol–water partition coefficient (Wildman–Crippen LogP) is 3.85. The largest absolute Gasteiger partial charge is 0.496 e. The van der Waals surface area contributed by atoms with E-state index in [9.17, 15) is 4.79 Å². The van der Waals surface area contributed by atoms with E-state index in [1.807, 2.05) is 31.2 Å². The first-order chi connectivity index (χ1) is 11.6. The zero-order chi connectivity index (χ0) is 17.4. The van der Waals surface area contributed by atoms with Crippen molar-refractivity contribution in [2.24, 2.45) is 5.16 Å². The molecule has 0 aliphatic heterocycles. The first-order valence-electron chi connectivity index (χ1n) is 7.70. The smallest absolute Gasteiger partial charge is 0.159 e. The Bertz CT molecular complexity index is 708. The first-order valence-corrected chi connectivity index (χ1v) is 7.70. The fourth-order valence-electron chi connectivity index (χ4n) is 2.13. The Kier molecular flexibility index (Phi) is 6.37. The number of ether oxygens (including phenoxy) is 2. The lowest BCUT2D eigenvalue weighted by atomic mass is 10.1. The summed E-state index contributed by atoms with van der Waals surface area (Å²) in [6, 6.07) is 12.8. The molecule has 0 N–H and O–H groups in total. The van der Waals surface area contributed by atoms with Gasteiger partial charge in [0.1, 0.15) is 18.1 Å². The molecule has 0 bridgehead atoms. The molecule has 5 heteroatoms. The van der Waals surface area contributed by atoms with E-state index in [0.717, 1.165) is 16.9 Å². The SMILES string of the molecule is CCOc1ccc(/C=N/OCc2cc(C(C)=O)ccc2OC)cc1. The second kappa shape index (κ2) is 8.72. The third kappa shape index (κ3) is 4.84. The Morgan fingerprint density at radius 1 is 1.17 bits per heavy atom. The normalized spacial score (nSPS) is 10.6. The number of hydrogen-bond acceptors (Lipinski definition) is 5. The van der Waals surface area contributed by atoms with E-state index in [1.54, 1.807) is 31.5 Å². The van der Waals surface area contributed by atoms with Gasteiger partial charge in [-0.05, 0) is 61.9 Å². The molecule has 0 aromatic heterocycles. The fourth-order valence-corrected chi connectivity index (χ4v) is 2.13. The molecule has 0 fully saturated rings. The van der Waals surface area contributed by atoms with E-state index in [4.69, 9.17) is 14.3 Å². The van der Waals surface area contributed by atoms with Crippen LogP contribution >= 0.6 is 0 Å². The highest BCUT2D eigenvalue weighted by atomic mass is 16.6. The lowest BCUT2D eigenvalue weighted by molar-refractivity contribution is 0.101. The minimum Gasteiger partial charge on any atom is -0.496 e. The summed E-state index contributed by atoms with van der Waals surface area (Å²) in [7, 11) is 1.58. The summed E-state index contributed by atoms with van der Waals surface area (Å²) in [5.74, 6) is 1.48. The second-order valence-corrected chi connectivity index (χ2v) is 5.09. The average Bonchev–Trinajstić information content (AvgIpc) is 2.60. The summed E-state index contributed by atoms with van der Waals surface area (Å²) in [6.45, 7) is 4.32. The molecule has 0 aliphatic carbocycles. The fraction of sp³-hybridized carbons (Fsp3) is 0.263. The number of nitrogens with zero attached hydrogens (tertiary/aromatic N) is 1.